The average molecular weight is 247 g/mol. The molecule has 0 amide bonds. The molecule has 0 saturated heterocycles. The molecule has 5 heteroatoms. The zero-order chi connectivity index (χ0) is 12.1. The Labute approximate surface area is 101 Å². The minimum absolute atomic E-state index is 0.226. The van der Waals surface area contributed by atoms with Gasteiger partial charge in [-0.15, -0.1) is 11.6 Å². The monoisotopic (exact) mass is 246 g/mol. The fourth-order valence-electron chi connectivity index (χ4n) is 1.44. The van der Waals surface area contributed by atoms with E-state index in [0.717, 1.165) is 17.1 Å². The van der Waals surface area contributed by atoms with E-state index in [-0.39, 0.29) is 6.10 Å². The number of hydrogen-bond donors (Lipinski definition) is 0. The van der Waals surface area contributed by atoms with Crippen molar-refractivity contribution in [3.63, 3.8) is 0 Å². The molecule has 16 heavy (non-hydrogen) atoms. The van der Waals surface area contributed by atoms with E-state index in [2.05, 4.69) is 5.10 Å². The standard InChI is InChI=1S/C11H19ClN2O2/c1-8(2)15-5-6-16-11-10(7-12)9(3)13-14(11)4/h8H,5-7H2,1-4H3. The van der Waals surface area contributed by atoms with E-state index in [0.29, 0.717) is 19.1 Å². The molecule has 0 aromatic carbocycles. The molecule has 92 valence electrons. The molecular weight excluding hydrogens is 228 g/mol. The summed E-state index contributed by atoms with van der Waals surface area (Å²) in [6, 6.07) is 0. The van der Waals surface area contributed by atoms with Gasteiger partial charge in [-0.1, -0.05) is 0 Å². The maximum Gasteiger partial charge on any atom is 0.216 e. The lowest BCUT2D eigenvalue weighted by Crippen LogP contribution is -2.13. The minimum atomic E-state index is 0.226. The Morgan fingerprint density at radius 1 is 1.38 bits per heavy atom. The first-order valence-electron chi connectivity index (χ1n) is 5.39. The summed E-state index contributed by atoms with van der Waals surface area (Å²) < 4.78 is 12.7. The lowest BCUT2D eigenvalue weighted by Gasteiger charge is -2.10. The summed E-state index contributed by atoms with van der Waals surface area (Å²) in [5.41, 5.74) is 1.87. The van der Waals surface area contributed by atoms with Gasteiger partial charge in [-0.2, -0.15) is 5.10 Å². The van der Waals surface area contributed by atoms with Crippen LogP contribution in [-0.2, 0) is 17.7 Å². The molecule has 0 atom stereocenters. The van der Waals surface area contributed by atoms with Crippen molar-refractivity contribution >= 4 is 11.6 Å². The van der Waals surface area contributed by atoms with Gasteiger partial charge in [0.05, 0.1) is 29.8 Å². The number of halogens is 1. The minimum Gasteiger partial charge on any atom is -0.475 e. The average Bonchev–Trinajstić information content (AvgIpc) is 2.47. The summed E-state index contributed by atoms with van der Waals surface area (Å²) >= 11 is 5.85. The van der Waals surface area contributed by atoms with Crippen molar-refractivity contribution in [3.05, 3.63) is 11.3 Å². The fourth-order valence-corrected chi connectivity index (χ4v) is 1.75. The van der Waals surface area contributed by atoms with E-state index in [9.17, 15) is 0 Å². The summed E-state index contributed by atoms with van der Waals surface area (Å²) in [6.07, 6.45) is 0.226. The van der Waals surface area contributed by atoms with Gasteiger partial charge < -0.3 is 9.47 Å². The Kier molecular flexibility index (Phi) is 5.09. The summed E-state index contributed by atoms with van der Waals surface area (Å²) in [5.74, 6) is 1.15. The third-order valence-corrected chi connectivity index (χ3v) is 2.46. The van der Waals surface area contributed by atoms with E-state index >= 15 is 0 Å². The zero-order valence-electron chi connectivity index (χ0n) is 10.3. The molecular formula is C11H19ClN2O2. The van der Waals surface area contributed by atoms with Gasteiger partial charge in [-0.25, -0.2) is 4.68 Å². The molecule has 0 unspecified atom stereocenters. The molecule has 1 rings (SSSR count). The molecule has 0 spiro atoms. The highest BCUT2D eigenvalue weighted by molar-refractivity contribution is 6.17. The van der Waals surface area contributed by atoms with Crippen molar-refractivity contribution < 1.29 is 9.47 Å². The van der Waals surface area contributed by atoms with Crippen molar-refractivity contribution in [1.82, 2.24) is 9.78 Å². The topological polar surface area (TPSA) is 36.3 Å². The molecule has 0 N–H and O–H groups in total. The first-order chi connectivity index (χ1) is 7.56. The molecule has 0 aliphatic heterocycles. The van der Waals surface area contributed by atoms with Gasteiger partial charge in [0.15, 0.2) is 0 Å². The van der Waals surface area contributed by atoms with Crippen LogP contribution in [0.5, 0.6) is 5.88 Å². The zero-order valence-corrected chi connectivity index (χ0v) is 11.0. The number of alkyl halides is 1. The number of nitrogens with zero attached hydrogens (tertiary/aromatic N) is 2. The Morgan fingerprint density at radius 3 is 2.62 bits per heavy atom. The molecule has 0 aliphatic carbocycles. The second-order valence-electron chi connectivity index (χ2n) is 3.89. The maximum absolute atomic E-state index is 5.85. The van der Waals surface area contributed by atoms with Crippen LogP contribution in [0.1, 0.15) is 25.1 Å². The molecule has 0 bridgehead atoms. The summed E-state index contributed by atoms with van der Waals surface area (Å²) in [5, 5.41) is 4.26. The van der Waals surface area contributed by atoms with Crippen molar-refractivity contribution in [2.45, 2.75) is 32.8 Å². The number of hydrogen-bond acceptors (Lipinski definition) is 3. The van der Waals surface area contributed by atoms with Gasteiger partial charge in [-0.05, 0) is 20.8 Å². The fraction of sp³-hybridized carbons (Fsp3) is 0.727. The van der Waals surface area contributed by atoms with Gasteiger partial charge in [0.2, 0.25) is 5.88 Å². The van der Waals surface area contributed by atoms with Crippen molar-refractivity contribution in [2.75, 3.05) is 13.2 Å². The lowest BCUT2D eigenvalue weighted by atomic mass is 10.3. The predicted molar refractivity (Wildman–Crippen MR) is 64.1 cm³/mol. The first-order valence-corrected chi connectivity index (χ1v) is 5.92. The van der Waals surface area contributed by atoms with E-state index in [1.807, 2.05) is 27.8 Å². The first kappa shape index (κ1) is 13.3. The number of rotatable bonds is 6. The van der Waals surface area contributed by atoms with E-state index in [4.69, 9.17) is 21.1 Å². The van der Waals surface area contributed by atoms with Gasteiger partial charge in [0.25, 0.3) is 0 Å². The van der Waals surface area contributed by atoms with Crippen LogP contribution < -0.4 is 4.74 Å². The van der Waals surface area contributed by atoms with Crippen molar-refractivity contribution in [1.29, 1.82) is 0 Å². The molecule has 4 nitrogen and oxygen atoms in total. The number of aryl methyl sites for hydroxylation is 2. The van der Waals surface area contributed by atoms with Crippen LogP contribution in [0.2, 0.25) is 0 Å². The molecule has 1 heterocycles. The molecule has 0 saturated carbocycles. The summed E-state index contributed by atoms with van der Waals surface area (Å²) in [7, 11) is 1.85. The van der Waals surface area contributed by atoms with Crippen LogP contribution in [0.4, 0.5) is 0 Å². The normalized spacial score (nSPS) is 11.1. The predicted octanol–water partition coefficient (Wildman–Crippen LogP) is 2.27. The van der Waals surface area contributed by atoms with Crippen LogP contribution in [-0.4, -0.2) is 29.1 Å². The van der Waals surface area contributed by atoms with Crippen molar-refractivity contribution in [2.24, 2.45) is 7.05 Å². The quantitative estimate of drug-likeness (QED) is 0.571. The van der Waals surface area contributed by atoms with Gasteiger partial charge in [0.1, 0.15) is 6.61 Å². The third kappa shape index (κ3) is 3.39. The second kappa shape index (κ2) is 6.11. The van der Waals surface area contributed by atoms with Crippen molar-refractivity contribution in [3.8, 4) is 5.88 Å². The Balaban J connectivity index is 2.53. The summed E-state index contributed by atoms with van der Waals surface area (Å²) in [6.45, 7) is 7.01. The third-order valence-electron chi connectivity index (χ3n) is 2.20. The second-order valence-corrected chi connectivity index (χ2v) is 4.16. The Morgan fingerprint density at radius 2 is 2.06 bits per heavy atom. The SMILES string of the molecule is Cc1nn(C)c(OCCOC(C)C)c1CCl. The van der Waals surface area contributed by atoms with Crippen LogP contribution in [0.3, 0.4) is 0 Å². The van der Waals surface area contributed by atoms with Gasteiger partial charge in [0, 0.05) is 7.05 Å². The largest absolute Gasteiger partial charge is 0.475 e. The Hall–Kier alpha value is -0.740. The number of ether oxygens (including phenoxy) is 2. The lowest BCUT2D eigenvalue weighted by molar-refractivity contribution is 0.0531. The maximum atomic E-state index is 5.85. The smallest absolute Gasteiger partial charge is 0.216 e. The van der Waals surface area contributed by atoms with E-state index in [1.54, 1.807) is 4.68 Å². The van der Waals surface area contributed by atoms with E-state index in [1.165, 1.54) is 0 Å². The molecule has 1 aromatic heterocycles. The molecule has 0 fully saturated rings. The van der Waals surface area contributed by atoms with Crippen LogP contribution in [0.15, 0.2) is 0 Å². The molecule has 1 aromatic rings. The van der Waals surface area contributed by atoms with Crippen LogP contribution >= 0.6 is 11.6 Å². The van der Waals surface area contributed by atoms with Crippen LogP contribution in [0, 0.1) is 6.92 Å². The van der Waals surface area contributed by atoms with Crippen LogP contribution in [0.25, 0.3) is 0 Å². The highest BCUT2D eigenvalue weighted by Crippen LogP contribution is 2.22. The van der Waals surface area contributed by atoms with Gasteiger partial charge >= 0.3 is 0 Å². The molecule has 0 radical (unpaired) electrons. The Bertz CT molecular complexity index is 337. The number of aromatic nitrogens is 2. The highest BCUT2D eigenvalue weighted by atomic mass is 35.5. The molecule has 0 aliphatic rings. The highest BCUT2D eigenvalue weighted by Gasteiger charge is 2.13. The summed E-state index contributed by atoms with van der Waals surface area (Å²) in [4.78, 5) is 0. The van der Waals surface area contributed by atoms with E-state index < -0.39 is 0 Å². The van der Waals surface area contributed by atoms with Gasteiger partial charge in [-0.3, -0.25) is 0 Å².